The summed E-state index contributed by atoms with van der Waals surface area (Å²) >= 11 is 6.27. The summed E-state index contributed by atoms with van der Waals surface area (Å²) in [6.07, 6.45) is 7.57. The first-order chi connectivity index (χ1) is 7.36. The number of hydrogen-bond donors (Lipinski definition) is 1. The molecule has 0 aromatic carbocycles. The molecule has 0 saturated carbocycles. The van der Waals surface area contributed by atoms with Crippen LogP contribution in [-0.4, -0.2) is 20.9 Å². The van der Waals surface area contributed by atoms with Gasteiger partial charge in [-0.25, -0.2) is 4.98 Å². The minimum Gasteiger partial charge on any atom is -0.309 e. The second-order valence-electron chi connectivity index (χ2n) is 3.74. The minimum absolute atomic E-state index is 0.303. The Morgan fingerprint density at radius 2 is 2.47 bits per heavy atom. The van der Waals surface area contributed by atoms with E-state index in [9.17, 15) is 0 Å². The lowest BCUT2D eigenvalue weighted by atomic mass is 10.2. The van der Waals surface area contributed by atoms with Crippen LogP contribution in [0.3, 0.4) is 0 Å². The standard InChI is InChI=1S/C10H11ClN4/c11-10-9(7-2-1-3-13-7)14-8-6-12-4-5-15(8)10/h4-7,13H,1-3H2. The third-order valence-electron chi connectivity index (χ3n) is 2.79. The first-order valence-corrected chi connectivity index (χ1v) is 5.45. The smallest absolute Gasteiger partial charge is 0.156 e. The summed E-state index contributed by atoms with van der Waals surface area (Å²) in [6.45, 7) is 1.05. The van der Waals surface area contributed by atoms with Crippen LogP contribution in [0.25, 0.3) is 5.65 Å². The highest BCUT2D eigenvalue weighted by Crippen LogP contribution is 2.28. The normalized spacial score (nSPS) is 21.3. The Hall–Kier alpha value is -1.13. The van der Waals surface area contributed by atoms with Crippen LogP contribution in [0.5, 0.6) is 0 Å². The number of nitrogens with one attached hydrogen (secondary N) is 1. The van der Waals surface area contributed by atoms with Crippen LogP contribution in [-0.2, 0) is 0 Å². The lowest BCUT2D eigenvalue weighted by Crippen LogP contribution is -2.13. The number of imidazole rings is 1. The van der Waals surface area contributed by atoms with E-state index in [0.717, 1.165) is 24.3 Å². The van der Waals surface area contributed by atoms with Gasteiger partial charge in [-0.15, -0.1) is 0 Å². The highest BCUT2D eigenvalue weighted by atomic mass is 35.5. The summed E-state index contributed by atoms with van der Waals surface area (Å²) in [5, 5.41) is 4.09. The van der Waals surface area contributed by atoms with Gasteiger partial charge in [-0.1, -0.05) is 11.6 Å². The number of rotatable bonds is 1. The van der Waals surface area contributed by atoms with Crippen molar-refractivity contribution in [2.24, 2.45) is 0 Å². The molecule has 0 radical (unpaired) electrons. The van der Waals surface area contributed by atoms with Gasteiger partial charge in [0.1, 0.15) is 5.15 Å². The molecule has 1 saturated heterocycles. The van der Waals surface area contributed by atoms with E-state index in [-0.39, 0.29) is 0 Å². The second-order valence-corrected chi connectivity index (χ2v) is 4.10. The number of nitrogens with zero attached hydrogens (tertiary/aromatic N) is 3. The number of halogens is 1. The average molecular weight is 223 g/mol. The number of fused-ring (bicyclic) bond motifs is 1. The molecule has 5 heteroatoms. The van der Waals surface area contributed by atoms with Crippen LogP contribution >= 0.6 is 11.6 Å². The van der Waals surface area contributed by atoms with Crippen molar-refractivity contribution in [3.63, 3.8) is 0 Å². The first kappa shape index (κ1) is 9.12. The lowest BCUT2D eigenvalue weighted by Gasteiger charge is -2.06. The van der Waals surface area contributed by atoms with Gasteiger partial charge in [0.2, 0.25) is 0 Å². The molecule has 1 aliphatic rings. The zero-order valence-electron chi connectivity index (χ0n) is 8.15. The molecule has 0 spiro atoms. The van der Waals surface area contributed by atoms with Gasteiger partial charge in [0, 0.05) is 12.4 Å². The predicted octanol–water partition coefficient (Wildman–Crippen LogP) is 1.81. The SMILES string of the molecule is Clc1c(C2CCCN2)nc2cnccn12. The molecule has 1 fully saturated rings. The molecular weight excluding hydrogens is 212 g/mol. The second kappa shape index (κ2) is 3.47. The molecule has 0 bridgehead atoms. The Morgan fingerprint density at radius 3 is 3.20 bits per heavy atom. The monoisotopic (exact) mass is 222 g/mol. The van der Waals surface area contributed by atoms with Crippen LogP contribution in [0.1, 0.15) is 24.6 Å². The molecule has 3 heterocycles. The molecule has 1 aliphatic heterocycles. The van der Waals surface area contributed by atoms with Crippen LogP contribution in [0.15, 0.2) is 18.6 Å². The van der Waals surface area contributed by atoms with E-state index >= 15 is 0 Å². The zero-order chi connectivity index (χ0) is 10.3. The van der Waals surface area contributed by atoms with Crippen molar-refractivity contribution in [3.05, 3.63) is 29.4 Å². The van der Waals surface area contributed by atoms with Crippen LogP contribution < -0.4 is 5.32 Å². The molecule has 1 N–H and O–H groups in total. The van der Waals surface area contributed by atoms with E-state index in [4.69, 9.17) is 11.6 Å². The zero-order valence-corrected chi connectivity index (χ0v) is 8.91. The van der Waals surface area contributed by atoms with Crippen molar-refractivity contribution in [3.8, 4) is 0 Å². The summed E-state index contributed by atoms with van der Waals surface area (Å²) in [7, 11) is 0. The van der Waals surface area contributed by atoms with Crippen molar-refractivity contribution in [1.82, 2.24) is 19.7 Å². The van der Waals surface area contributed by atoms with Crippen molar-refractivity contribution >= 4 is 17.2 Å². The lowest BCUT2D eigenvalue weighted by molar-refractivity contribution is 0.632. The Bertz CT molecular complexity index is 487. The molecule has 78 valence electrons. The number of hydrogen-bond acceptors (Lipinski definition) is 3. The molecule has 1 atom stereocenters. The van der Waals surface area contributed by atoms with Gasteiger partial charge < -0.3 is 5.32 Å². The van der Waals surface area contributed by atoms with E-state index in [0.29, 0.717) is 11.2 Å². The molecule has 0 amide bonds. The van der Waals surface area contributed by atoms with Crippen molar-refractivity contribution < 1.29 is 0 Å². The fourth-order valence-electron chi connectivity index (χ4n) is 2.03. The van der Waals surface area contributed by atoms with E-state index in [1.807, 2.05) is 10.6 Å². The van der Waals surface area contributed by atoms with Crippen LogP contribution in [0.4, 0.5) is 0 Å². The Kier molecular flexibility index (Phi) is 2.11. The van der Waals surface area contributed by atoms with E-state index in [1.54, 1.807) is 12.4 Å². The van der Waals surface area contributed by atoms with Gasteiger partial charge >= 0.3 is 0 Å². The topological polar surface area (TPSA) is 42.2 Å². The Morgan fingerprint density at radius 1 is 1.53 bits per heavy atom. The van der Waals surface area contributed by atoms with Crippen LogP contribution in [0, 0.1) is 0 Å². The molecule has 4 nitrogen and oxygen atoms in total. The summed E-state index contributed by atoms with van der Waals surface area (Å²) in [4.78, 5) is 8.53. The third kappa shape index (κ3) is 1.41. The number of aromatic nitrogens is 3. The largest absolute Gasteiger partial charge is 0.309 e. The van der Waals surface area contributed by atoms with Gasteiger partial charge in [-0.05, 0) is 19.4 Å². The maximum absolute atomic E-state index is 6.27. The molecule has 2 aromatic rings. The van der Waals surface area contributed by atoms with E-state index < -0.39 is 0 Å². The third-order valence-corrected chi connectivity index (χ3v) is 3.16. The van der Waals surface area contributed by atoms with E-state index in [2.05, 4.69) is 15.3 Å². The average Bonchev–Trinajstić information content (AvgIpc) is 2.87. The Balaban J connectivity index is 2.14. The maximum Gasteiger partial charge on any atom is 0.156 e. The fraction of sp³-hybridized carbons (Fsp3) is 0.400. The van der Waals surface area contributed by atoms with Crippen molar-refractivity contribution in [2.45, 2.75) is 18.9 Å². The van der Waals surface area contributed by atoms with Crippen molar-refractivity contribution in [2.75, 3.05) is 6.54 Å². The maximum atomic E-state index is 6.27. The van der Waals surface area contributed by atoms with Gasteiger partial charge in [0.15, 0.2) is 5.65 Å². The van der Waals surface area contributed by atoms with Gasteiger partial charge in [-0.2, -0.15) is 0 Å². The summed E-state index contributed by atoms with van der Waals surface area (Å²) in [6, 6.07) is 0.303. The molecule has 15 heavy (non-hydrogen) atoms. The van der Waals surface area contributed by atoms with Gasteiger partial charge in [-0.3, -0.25) is 9.38 Å². The van der Waals surface area contributed by atoms with Crippen molar-refractivity contribution in [1.29, 1.82) is 0 Å². The highest BCUT2D eigenvalue weighted by Gasteiger charge is 2.22. The molecule has 2 aromatic heterocycles. The quantitative estimate of drug-likeness (QED) is 0.800. The van der Waals surface area contributed by atoms with Crippen LogP contribution in [0.2, 0.25) is 5.15 Å². The predicted molar refractivity (Wildman–Crippen MR) is 58.0 cm³/mol. The first-order valence-electron chi connectivity index (χ1n) is 5.07. The molecular formula is C10H11ClN4. The van der Waals surface area contributed by atoms with Gasteiger partial charge in [0.25, 0.3) is 0 Å². The summed E-state index contributed by atoms with van der Waals surface area (Å²) in [5.74, 6) is 0. The molecule has 0 aliphatic carbocycles. The molecule has 3 rings (SSSR count). The fourth-order valence-corrected chi connectivity index (χ4v) is 2.35. The van der Waals surface area contributed by atoms with Gasteiger partial charge in [0.05, 0.1) is 17.9 Å². The summed E-state index contributed by atoms with van der Waals surface area (Å²) in [5.41, 5.74) is 1.76. The summed E-state index contributed by atoms with van der Waals surface area (Å²) < 4.78 is 1.86. The minimum atomic E-state index is 0.303. The molecule has 1 unspecified atom stereocenters. The van der Waals surface area contributed by atoms with E-state index in [1.165, 1.54) is 6.42 Å². The Labute approximate surface area is 92.3 Å². The highest BCUT2D eigenvalue weighted by molar-refractivity contribution is 6.30.